The maximum Gasteiger partial charge on any atom is 0.410 e. The molecular weight excluding hydrogens is 506 g/mol. The van der Waals surface area contributed by atoms with Gasteiger partial charge in [-0.25, -0.2) is 4.79 Å². The van der Waals surface area contributed by atoms with Crippen LogP contribution in [-0.2, 0) is 26.2 Å². The average Bonchev–Trinajstić information content (AvgIpc) is 3.13. The molecule has 216 valence electrons. The molecule has 0 saturated carbocycles. The zero-order chi connectivity index (χ0) is 29.4. The number of carbonyl (C=O) groups is 3. The molecule has 0 N–H and O–H groups in total. The predicted molar refractivity (Wildman–Crippen MR) is 155 cm³/mol. The molecule has 1 saturated heterocycles. The molecule has 3 heterocycles. The Morgan fingerprint density at radius 2 is 1.77 bits per heavy atom. The Morgan fingerprint density at radius 3 is 2.40 bits per heavy atom. The number of amides is 3. The van der Waals surface area contributed by atoms with Gasteiger partial charge >= 0.3 is 6.09 Å². The molecule has 1 aromatic heterocycles. The molecule has 2 aliphatic rings. The Morgan fingerprint density at radius 1 is 1.10 bits per heavy atom. The van der Waals surface area contributed by atoms with Crippen molar-refractivity contribution in [3.8, 4) is 0 Å². The number of aromatic nitrogens is 1. The van der Waals surface area contributed by atoms with Gasteiger partial charge in [-0.1, -0.05) is 44.2 Å². The number of ether oxygens (including phenoxy) is 1. The summed E-state index contributed by atoms with van der Waals surface area (Å²) in [6.07, 6.45) is 2.14. The maximum atomic E-state index is 13.9. The third-order valence-corrected chi connectivity index (χ3v) is 7.57. The van der Waals surface area contributed by atoms with Crippen molar-refractivity contribution in [1.29, 1.82) is 0 Å². The van der Waals surface area contributed by atoms with E-state index in [0.29, 0.717) is 19.5 Å². The van der Waals surface area contributed by atoms with E-state index < -0.39 is 17.7 Å². The van der Waals surface area contributed by atoms with Crippen molar-refractivity contribution in [2.24, 2.45) is 0 Å². The molecule has 1 fully saturated rings. The Hall–Kier alpha value is -3.46. The molecule has 40 heavy (non-hydrogen) atoms. The summed E-state index contributed by atoms with van der Waals surface area (Å²) in [5, 5.41) is 0. The molecular formula is C31H43N5O4. The largest absolute Gasteiger partial charge is 0.444 e. The van der Waals surface area contributed by atoms with E-state index in [-0.39, 0.29) is 36.4 Å². The van der Waals surface area contributed by atoms with E-state index in [4.69, 9.17) is 9.72 Å². The van der Waals surface area contributed by atoms with Crippen molar-refractivity contribution in [2.45, 2.75) is 71.1 Å². The second-order valence-corrected chi connectivity index (χ2v) is 12.9. The molecule has 9 nitrogen and oxygen atoms in total. The number of benzene rings is 1. The van der Waals surface area contributed by atoms with Gasteiger partial charge < -0.3 is 19.4 Å². The van der Waals surface area contributed by atoms with Crippen LogP contribution in [0.3, 0.4) is 0 Å². The molecule has 0 radical (unpaired) electrons. The van der Waals surface area contributed by atoms with Gasteiger partial charge in [-0.05, 0) is 39.3 Å². The summed E-state index contributed by atoms with van der Waals surface area (Å²) in [6, 6.07) is 11.3. The summed E-state index contributed by atoms with van der Waals surface area (Å²) in [6.45, 7) is 12.8. The zero-order valence-corrected chi connectivity index (χ0v) is 25.1. The molecule has 9 heteroatoms. The van der Waals surface area contributed by atoms with Crippen molar-refractivity contribution in [3.63, 3.8) is 0 Å². The number of nitrogens with zero attached hydrogens (tertiary/aromatic N) is 5. The van der Waals surface area contributed by atoms with Crippen molar-refractivity contribution in [3.05, 3.63) is 59.4 Å². The lowest BCUT2D eigenvalue weighted by molar-refractivity contribution is -0.138. The second-order valence-electron chi connectivity index (χ2n) is 12.9. The minimum Gasteiger partial charge on any atom is -0.444 e. The SMILES string of the molecule is C[C@@H]1CN(CC(=O)N2CC(C)(C)c3cnc(Cc4ccccc4)cc32)[C@@H](C(=O)N(C)C)CN1C(=O)OC(C)(C)C. The lowest BCUT2D eigenvalue weighted by Gasteiger charge is -2.45. The van der Waals surface area contributed by atoms with Crippen LogP contribution in [0, 0.1) is 0 Å². The number of hydrogen-bond donors (Lipinski definition) is 0. The minimum absolute atomic E-state index is 0.0711. The highest BCUT2D eigenvalue weighted by molar-refractivity contribution is 5.98. The fourth-order valence-corrected chi connectivity index (χ4v) is 5.51. The van der Waals surface area contributed by atoms with Crippen LogP contribution in [0.15, 0.2) is 42.6 Å². The van der Waals surface area contributed by atoms with Crippen LogP contribution in [-0.4, -0.2) is 95.6 Å². The lowest BCUT2D eigenvalue weighted by atomic mass is 9.88. The van der Waals surface area contributed by atoms with E-state index in [1.807, 2.05) is 68.0 Å². The molecule has 0 aliphatic carbocycles. The van der Waals surface area contributed by atoms with Crippen LogP contribution >= 0.6 is 0 Å². The number of carbonyl (C=O) groups excluding carboxylic acids is 3. The van der Waals surface area contributed by atoms with Crippen LogP contribution < -0.4 is 4.90 Å². The summed E-state index contributed by atoms with van der Waals surface area (Å²) in [7, 11) is 3.39. The van der Waals surface area contributed by atoms with E-state index in [0.717, 1.165) is 22.5 Å². The van der Waals surface area contributed by atoms with Crippen molar-refractivity contribution in [1.82, 2.24) is 19.7 Å². The summed E-state index contributed by atoms with van der Waals surface area (Å²) in [5.41, 5.74) is 3.10. The van der Waals surface area contributed by atoms with Gasteiger partial charge in [0.25, 0.3) is 0 Å². The zero-order valence-electron chi connectivity index (χ0n) is 25.1. The molecule has 0 bridgehead atoms. The van der Waals surface area contributed by atoms with Crippen LogP contribution in [0.5, 0.6) is 0 Å². The Bertz CT molecular complexity index is 1250. The topological polar surface area (TPSA) is 86.3 Å². The van der Waals surface area contributed by atoms with Gasteiger partial charge in [-0.15, -0.1) is 0 Å². The van der Waals surface area contributed by atoms with E-state index in [1.165, 1.54) is 4.90 Å². The number of hydrogen-bond acceptors (Lipinski definition) is 6. The van der Waals surface area contributed by atoms with E-state index in [9.17, 15) is 14.4 Å². The Labute approximate surface area is 238 Å². The quantitative estimate of drug-likeness (QED) is 0.566. The number of piperazine rings is 1. The third kappa shape index (κ3) is 6.46. The summed E-state index contributed by atoms with van der Waals surface area (Å²) >= 11 is 0. The normalized spacial score (nSPS) is 20.7. The molecule has 0 unspecified atom stereocenters. The highest BCUT2D eigenvalue weighted by Crippen LogP contribution is 2.40. The first-order chi connectivity index (χ1) is 18.7. The average molecular weight is 550 g/mol. The van der Waals surface area contributed by atoms with Gasteiger partial charge in [0.05, 0.1) is 12.2 Å². The van der Waals surface area contributed by atoms with Crippen molar-refractivity contribution in [2.75, 3.05) is 45.2 Å². The van der Waals surface area contributed by atoms with Gasteiger partial charge in [-0.2, -0.15) is 0 Å². The molecule has 1 aromatic carbocycles. The maximum absolute atomic E-state index is 13.9. The number of fused-ring (bicyclic) bond motifs is 1. The molecule has 2 atom stereocenters. The summed E-state index contributed by atoms with van der Waals surface area (Å²) in [5.74, 6) is -0.220. The monoisotopic (exact) mass is 549 g/mol. The summed E-state index contributed by atoms with van der Waals surface area (Å²) < 4.78 is 5.61. The number of rotatable bonds is 5. The van der Waals surface area contributed by atoms with Crippen LogP contribution in [0.2, 0.25) is 0 Å². The predicted octanol–water partition coefficient (Wildman–Crippen LogP) is 3.69. The minimum atomic E-state index is -0.649. The third-order valence-electron chi connectivity index (χ3n) is 7.57. The van der Waals surface area contributed by atoms with Crippen molar-refractivity contribution < 1.29 is 19.1 Å². The number of pyridine rings is 1. The van der Waals surface area contributed by atoms with E-state index in [2.05, 4.69) is 26.0 Å². The Kier molecular flexibility index (Phi) is 8.26. The molecule has 0 spiro atoms. The van der Waals surface area contributed by atoms with Gasteiger partial charge in [0.1, 0.15) is 11.6 Å². The van der Waals surface area contributed by atoms with Gasteiger partial charge in [-0.3, -0.25) is 19.5 Å². The first-order valence-corrected chi connectivity index (χ1v) is 13.9. The highest BCUT2D eigenvalue weighted by atomic mass is 16.6. The molecule has 3 amide bonds. The highest BCUT2D eigenvalue weighted by Gasteiger charge is 2.43. The van der Waals surface area contributed by atoms with Gasteiger partial charge in [0.2, 0.25) is 11.8 Å². The van der Waals surface area contributed by atoms with Gasteiger partial charge in [0.15, 0.2) is 0 Å². The summed E-state index contributed by atoms with van der Waals surface area (Å²) in [4.78, 5) is 51.7. The molecule has 2 aliphatic heterocycles. The van der Waals surface area contributed by atoms with E-state index in [1.54, 1.807) is 19.0 Å². The van der Waals surface area contributed by atoms with Crippen LogP contribution in [0.1, 0.15) is 58.4 Å². The van der Waals surface area contributed by atoms with E-state index >= 15 is 0 Å². The molecule has 4 rings (SSSR count). The second kappa shape index (κ2) is 11.2. The standard InChI is InChI=1S/C31H43N5O4/c1-21-17-34(26(28(38)33(7)8)18-35(21)29(39)40-30(2,3)4)19-27(37)36-20-31(5,6)24-16-32-23(15-25(24)36)14-22-12-10-9-11-13-22/h9-13,15-16,21,26H,14,17-20H2,1-8H3/t21-,26-/m1/s1. The van der Waals surface area contributed by atoms with Gasteiger partial charge in [0, 0.05) is 69.1 Å². The smallest absolute Gasteiger partial charge is 0.410 e. The number of likely N-dealkylation sites (N-methyl/N-ethyl adjacent to an activating group) is 1. The van der Waals surface area contributed by atoms with Crippen molar-refractivity contribution >= 4 is 23.6 Å². The van der Waals surface area contributed by atoms with Crippen LogP contribution in [0.4, 0.5) is 10.5 Å². The molecule has 2 aromatic rings. The fourth-order valence-electron chi connectivity index (χ4n) is 5.51. The lowest BCUT2D eigenvalue weighted by Crippen LogP contribution is -2.64. The first kappa shape index (κ1) is 29.5. The first-order valence-electron chi connectivity index (χ1n) is 13.9. The Balaban J connectivity index is 1.56. The van der Waals surface area contributed by atoms with Crippen LogP contribution in [0.25, 0.3) is 0 Å². The fraction of sp³-hybridized carbons (Fsp3) is 0.548. The number of anilines is 1.